The Morgan fingerprint density at radius 2 is 1.53 bits per heavy atom. The van der Waals surface area contributed by atoms with Gasteiger partial charge < -0.3 is 0 Å². The number of hydrogen-bond donors (Lipinski definition) is 0. The van der Waals surface area contributed by atoms with Gasteiger partial charge in [-0.1, -0.05) is 87.0 Å². The van der Waals surface area contributed by atoms with Crippen LogP contribution in [0, 0.1) is 0 Å². The molecule has 4 heteroatoms. The Bertz CT molecular complexity index is 1150. The van der Waals surface area contributed by atoms with E-state index in [1.165, 1.54) is 10.6 Å². The summed E-state index contributed by atoms with van der Waals surface area (Å²) in [4.78, 5) is 13.3. The van der Waals surface area contributed by atoms with Crippen molar-refractivity contribution >= 4 is 35.0 Å². The van der Waals surface area contributed by atoms with Crippen LogP contribution in [0.3, 0.4) is 0 Å². The largest absolute Gasteiger partial charge is 0.280 e. The van der Waals surface area contributed by atoms with Crippen LogP contribution in [0.4, 0.5) is 5.69 Å². The van der Waals surface area contributed by atoms with E-state index in [1.807, 2.05) is 60.7 Å². The number of amides is 1. The third-order valence-electron chi connectivity index (χ3n) is 5.61. The monoisotopic (exact) mass is 442 g/mol. The lowest BCUT2D eigenvalue weighted by Crippen LogP contribution is -2.21. The van der Waals surface area contributed by atoms with Crippen molar-refractivity contribution in [3.8, 4) is 0 Å². The second-order valence-corrected chi connectivity index (χ2v) is 9.49. The van der Waals surface area contributed by atoms with E-state index in [2.05, 4.69) is 45.0 Å². The molecule has 1 aliphatic heterocycles. The molecule has 0 saturated heterocycles. The van der Waals surface area contributed by atoms with Gasteiger partial charge in [0.15, 0.2) is 0 Å². The highest BCUT2D eigenvalue weighted by molar-refractivity contribution is 6.32. The van der Waals surface area contributed by atoms with Crippen LogP contribution < -0.4 is 5.01 Å². The second kappa shape index (κ2) is 9.13. The van der Waals surface area contributed by atoms with Gasteiger partial charge >= 0.3 is 0 Å². The minimum absolute atomic E-state index is 0.0875. The van der Waals surface area contributed by atoms with Crippen LogP contribution in [-0.4, -0.2) is 11.6 Å². The van der Waals surface area contributed by atoms with E-state index in [0.29, 0.717) is 12.0 Å². The second-order valence-electron chi connectivity index (χ2n) is 9.06. The molecule has 0 radical (unpaired) electrons. The van der Waals surface area contributed by atoms with Gasteiger partial charge in [-0.3, -0.25) is 4.79 Å². The number of hydrazone groups is 1. The van der Waals surface area contributed by atoms with Gasteiger partial charge in [-0.25, -0.2) is 0 Å². The van der Waals surface area contributed by atoms with Crippen LogP contribution in [0.5, 0.6) is 0 Å². The van der Waals surface area contributed by atoms with Crippen molar-refractivity contribution in [2.24, 2.45) is 5.10 Å². The van der Waals surface area contributed by atoms with Crippen molar-refractivity contribution in [2.75, 3.05) is 5.01 Å². The van der Waals surface area contributed by atoms with Crippen molar-refractivity contribution in [3.63, 3.8) is 0 Å². The van der Waals surface area contributed by atoms with Crippen LogP contribution >= 0.6 is 11.6 Å². The molecule has 3 aromatic carbocycles. The summed E-state index contributed by atoms with van der Waals surface area (Å²) < 4.78 is 0. The number of hydrogen-bond acceptors (Lipinski definition) is 2. The van der Waals surface area contributed by atoms with Crippen LogP contribution in [0.2, 0.25) is 5.02 Å². The van der Waals surface area contributed by atoms with E-state index in [-0.39, 0.29) is 11.3 Å². The fourth-order valence-electron chi connectivity index (χ4n) is 3.69. The molecule has 0 fully saturated rings. The molecule has 1 aliphatic rings. The number of halogens is 1. The fraction of sp³-hybridized carbons (Fsp3) is 0.214. The molecule has 0 aromatic heterocycles. The summed E-state index contributed by atoms with van der Waals surface area (Å²) in [7, 11) is 0. The Kier molecular flexibility index (Phi) is 6.29. The molecule has 0 unspecified atom stereocenters. The first-order valence-corrected chi connectivity index (χ1v) is 11.2. The molecule has 3 nitrogen and oxygen atoms in total. The van der Waals surface area contributed by atoms with Gasteiger partial charge in [0.1, 0.15) is 0 Å². The zero-order valence-corrected chi connectivity index (χ0v) is 19.4. The van der Waals surface area contributed by atoms with E-state index in [4.69, 9.17) is 16.7 Å². The molecular formula is C28H27ClN2O. The van der Waals surface area contributed by atoms with E-state index >= 15 is 0 Å². The van der Waals surface area contributed by atoms with Crippen LogP contribution in [-0.2, 0) is 16.6 Å². The highest BCUT2D eigenvalue weighted by Crippen LogP contribution is 2.28. The Hall–Kier alpha value is -3.17. The maximum atomic E-state index is 13.3. The molecule has 1 amide bonds. The Balaban J connectivity index is 1.64. The number of anilines is 1. The predicted molar refractivity (Wildman–Crippen MR) is 134 cm³/mol. The Labute approximate surface area is 195 Å². The molecule has 0 saturated carbocycles. The SMILES string of the molecule is CC(C)(C)c1ccc(C=C2C(=O)N(c3ccccc3)N=C2CCc2ccc(Cl)cc2)cc1. The van der Waals surface area contributed by atoms with Crippen LogP contribution in [0.15, 0.2) is 89.5 Å². The van der Waals surface area contributed by atoms with E-state index < -0.39 is 0 Å². The van der Waals surface area contributed by atoms with Crippen LogP contribution in [0.1, 0.15) is 43.9 Å². The zero-order valence-electron chi connectivity index (χ0n) is 18.7. The average molecular weight is 443 g/mol. The lowest BCUT2D eigenvalue weighted by atomic mass is 9.86. The molecule has 0 aliphatic carbocycles. The van der Waals surface area contributed by atoms with Crippen LogP contribution in [0.25, 0.3) is 6.08 Å². The lowest BCUT2D eigenvalue weighted by Gasteiger charge is -2.18. The van der Waals surface area contributed by atoms with Crippen molar-refractivity contribution in [1.29, 1.82) is 0 Å². The summed E-state index contributed by atoms with van der Waals surface area (Å²) >= 11 is 6.01. The topological polar surface area (TPSA) is 32.7 Å². The van der Waals surface area contributed by atoms with Gasteiger partial charge in [-0.05, 0) is 65.3 Å². The number of nitrogens with zero attached hydrogens (tertiary/aromatic N) is 2. The van der Waals surface area contributed by atoms with Gasteiger partial charge in [0.25, 0.3) is 5.91 Å². The number of carbonyl (C=O) groups excluding carboxylic acids is 1. The number of para-hydroxylation sites is 1. The number of benzene rings is 3. The minimum atomic E-state index is -0.0952. The highest BCUT2D eigenvalue weighted by atomic mass is 35.5. The summed E-state index contributed by atoms with van der Waals surface area (Å²) in [6.45, 7) is 6.58. The van der Waals surface area contributed by atoms with E-state index in [1.54, 1.807) is 0 Å². The Morgan fingerprint density at radius 1 is 0.875 bits per heavy atom. The maximum Gasteiger partial charge on any atom is 0.280 e. The normalized spacial score (nSPS) is 15.4. The highest BCUT2D eigenvalue weighted by Gasteiger charge is 2.30. The maximum absolute atomic E-state index is 13.3. The fourth-order valence-corrected chi connectivity index (χ4v) is 3.82. The molecule has 162 valence electrons. The molecular weight excluding hydrogens is 416 g/mol. The van der Waals surface area contributed by atoms with Gasteiger partial charge in [0.05, 0.1) is 17.0 Å². The van der Waals surface area contributed by atoms with Gasteiger partial charge in [-0.15, -0.1) is 0 Å². The summed E-state index contributed by atoms with van der Waals surface area (Å²) in [6, 6.07) is 25.8. The summed E-state index contributed by atoms with van der Waals surface area (Å²) in [5.74, 6) is -0.0952. The van der Waals surface area contributed by atoms with Crippen molar-refractivity contribution in [1.82, 2.24) is 0 Å². The predicted octanol–water partition coefficient (Wildman–Crippen LogP) is 7.06. The number of aryl methyl sites for hydroxylation is 1. The molecule has 0 atom stereocenters. The average Bonchev–Trinajstić information content (AvgIpc) is 3.09. The lowest BCUT2D eigenvalue weighted by molar-refractivity contribution is -0.114. The molecule has 32 heavy (non-hydrogen) atoms. The Morgan fingerprint density at radius 3 is 2.16 bits per heavy atom. The molecule has 0 spiro atoms. The summed E-state index contributed by atoms with van der Waals surface area (Å²) in [5, 5.41) is 6.94. The number of rotatable bonds is 5. The standard InChI is InChI=1S/C28H27ClN2O/c1-28(2,3)22-14-9-21(10-15-22)19-25-26(18-13-20-11-16-23(29)17-12-20)30-31(27(25)32)24-7-5-4-6-8-24/h4-12,14-17,19H,13,18H2,1-3H3. The van der Waals surface area contributed by atoms with Crippen molar-refractivity contribution in [3.05, 3.63) is 106 Å². The zero-order chi connectivity index (χ0) is 22.7. The first-order chi connectivity index (χ1) is 15.3. The summed E-state index contributed by atoms with van der Waals surface area (Å²) in [6.07, 6.45) is 3.41. The first kappa shape index (κ1) is 22.0. The van der Waals surface area contributed by atoms with Gasteiger partial charge in [0.2, 0.25) is 0 Å². The summed E-state index contributed by atoms with van der Waals surface area (Å²) in [5.41, 5.74) is 5.73. The van der Waals surface area contributed by atoms with Crippen molar-refractivity contribution < 1.29 is 4.79 Å². The van der Waals surface area contributed by atoms with Gasteiger partial charge in [-0.2, -0.15) is 10.1 Å². The molecule has 3 aromatic rings. The smallest absolute Gasteiger partial charge is 0.267 e. The molecule has 4 rings (SSSR count). The van der Waals surface area contributed by atoms with E-state index in [9.17, 15) is 4.79 Å². The quantitative estimate of drug-likeness (QED) is 0.389. The number of carbonyl (C=O) groups is 1. The molecule has 0 bridgehead atoms. The first-order valence-electron chi connectivity index (χ1n) is 10.9. The third-order valence-corrected chi connectivity index (χ3v) is 5.86. The van der Waals surface area contributed by atoms with Gasteiger partial charge in [0, 0.05) is 5.02 Å². The van der Waals surface area contributed by atoms with E-state index in [0.717, 1.165) is 34.0 Å². The molecule has 1 heterocycles. The molecule has 0 N–H and O–H groups in total. The third kappa shape index (κ3) is 5.00. The minimum Gasteiger partial charge on any atom is -0.267 e. The van der Waals surface area contributed by atoms with Crippen molar-refractivity contribution in [2.45, 2.75) is 39.0 Å².